The molecule has 2 rings (SSSR count). The van der Waals surface area contributed by atoms with Crippen molar-refractivity contribution >= 4 is 41.3 Å². The van der Waals surface area contributed by atoms with Crippen molar-refractivity contribution in [2.75, 3.05) is 6.54 Å². The van der Waals surface area contributed by atoms with E-state index in [4.69, 9.17) is 0 Å². The van der Waals surface area contributed by atoms with Crippen molar-refractivity contribution in [3.63, 3.8) is 0 Å². The van der Waals surface area contributed by atoms with Crippen molar-refractivity contribution < 1.29 is 4.39 Å². The van der Waals surface area contributed by atoms with E-state index in [1.165, 1.54) is 0 Å². The van der Waals surface area contributed by atoms with Crippen LogP contribution in [0.1, 0.15) is 48.6 Å². The molecule has 0 radical (unpaired) electrons. The predicted octanol–water partition coefficient (Wildman–Crippen LogP) is 4.59. The van der Waals surface area contributed by atoms with Gasteiger partial charge in [0, 0.05) is 11.9 Å². The van der Waals surface area contributed by atoms with Gasteiger partial charge in [-0.15, -0.1) is 35.3 Å². The van der Waals surface area contributed by atoms with Crippen LogP contribution in [0.15, 0.2) is 28.6 Å². The maximum absolute atomic E-state index is 13.7. The Balaban J connectivity index is 0.00000312. The van der Waals surface area contributed by atoms with Gasteiger partial charge in [-0.2, -0.15) is 0 Å². The number of aromatic nitrogens is 1. The molecule has 1 aromatic carbocycles. The topological polar surface area (TPSA) is 49.3 Å². The standard InChI is InChI=1S/C18H25FN4S.HI/c1-5-17-23-15(11-24-17)10-21-18(20-6-2)22-13(4)14-8-7-12(3)16(19)9-14;/h7-9,11,13H,5-6,10H2,1-4H3,(H2,20,21,22);1H. The lowest BCUT2D eigenvalue weighted by molar-refractivity contribution is 0.607. The van der Waals surface area contributed by atoms with Gasteiger partial charge in [0.2, 0.25) is 0 Å². The molecule has 25 heavy (non-hydrogen) atoms. The number of nitrogens with one attached hydrogen (secondary N) is 2. The summed E-state index contributed by atoms with van der Waals surface area (Å²) in [5.74, 6) is 0.523. The smallest absolute Gasteiger partial charge is 0.192 e. The van der Waals surface area contributed by atoms with E-state index in [9.17, 15) is 4.39 Å². The molecule has 7 heteroatoms. The highest BCUT2D eigenvalue weighted by molar-refractivity contribution is 14.0. The molecule has 0 saturated carbocycles. The normalized spacial score (nSPS) is 12.4. The molecule has 1 atom stereocenters. The van der Waals surface area contributed by atoms with E-state index in [0.717, 1.165) is 29.2 Å². The van der Waals surface area contributed by atoms with Gasteiger partial charge in [0.25, 0.3) is 0 Å². The first kappa shape index (κ1) is 21.8. The molecule has 1 unspecified atom stereocenters. The van der Waals surface area contributed by atoms with Crippen LogP contribution in [0.3, 0.4) is 0 Å². The van der Waals surface area contributed by atoms with Crippen LogP contribution in [0.25, 0.3) is 0 Å². The molecule has 4 nitrogen and oxygen atoms in total. The number of hydrogen-bond donors (Lipinski definition) is 2. The highest BCUT2D eigenvalue weighted by Gasteiger charge is 2.10. The first-order chi connectivity index (χ1) is 11.5. The second kappa shape index (κ2) is 10.7. The van der Waals surface area contributed by atoms with Gasteiger partial charge in [-0.1, -0.05) is 19.1 Å². The third kappa shape index (κ3) is 6.54. The van der Waals surface area contributed by atoms with E-state index >= 15 is 0 Å². The van der Waals surface area contributed by atoms with Crippen LogP contribution in [-0.2, 0) is 13.0 Å². The van der Waals surface area contributed by atoms with Crippen molar-refractivity contribution in [2.45, 2.75) is 46.7 Å². The minimum absolute atomic E-state index is 0. The summed E-state index contributed by atoms with van der Waals surface area (Å²) in [4.78, 5) is 9.11. The number of aliphatic imine (C=N–C) groups is 1. The Morgan fingerprint density at radius 3 is 2.72 bits per heavy atom. The summed E-state index contributed by atoms with van der Waals surface area (Å²) < 4.78 is 13.7. The number of aryl methyl sites for hydroxylation is 2. The quantitative estimate of drug-likeness (QED) is 0.365. The van der Waals surface area contributed by atoms with E-state index in [1.807, 2.05) is 25.3 Å². The van der Waals surface area contributed by atoms with Crippen LogP contribution in [0.4, 0.5) is 4.39 Å². The molecule has 0 aliphatic carbocycles. The largest absolute Gasteiger partial charge is 0.357 e. The van der Waals surface area contributed by atoms with Crippen molar-refractivity contribution in [3.8, 4) is 0 Å². The summed E-state index contributed by atoms with van der Waals surface area (Å²) in [6, 6.07) is 5.27. The van der Waals surface area contributed by atoms with Crippen LogP contribution < -0.4 is 10.6 Å². The van der Waals surface area contributed by atoms with Gasteiger partial charge >= 0.3 is 0 Å². The van der Waals surface area contributed by atoms with E-state index in [-0.39, 0.29) is 35.8 Å². The van der Waals surface area contributed by atoms with Crippen molar-refractivity contribution in [2.24, 2.45) is 4.99 Å². The minimum Gasteiger partial charge on any atom is -0.357 e. The van der Waals surface area contributed by atoms with E-state index < -0.39 is 0 Å². The Morgan fingerprint density at radius 2 is 2.12 bits per heavy atom. The van der Waals surface area contributed by atoms with Crippen LogP contribution in [-0.4, -0.2) is 17.5 Å². The molecule has 0 aliphatic rings. The summed E-state index contributed by atoms with van der Waals surface area (Å²) in [6.07, 6.45) is 0.947. The molecular weight excluding hydrogens is 450 g/mol. The lowest BCUT2D eigenvalue weighted by Gasteiger charge is -2.18. The fourth-order valence-electron chi connectivity index (χ4n) is 2.23. The van der Waals surface area contributed by atoms with E-state index in [2.05, 4.69) is 27.5 Å². The first-order valence-corrected chi connectivity index (χ1v) is 9.15. The molecule has 0 spiro atoms. The zero-order valence-corrected chi connectivity index (χ0v) is 18.2. The van der Waals surface area contributed by atoms with Gasteiger partial charge in [0.15, 0.2) is 5.96 Å². The number of guanidine groups is 1. The zero-order chi connectivity index (χ0) is 17.5. The molecule has 0 aliphatic heterocycles. The predicted molar refractivity (Wildman–Crippen MR) is 114 cm³/mol. The fourth-order valence-corrected chi connectivity index (χ4v) is 2.97. The summed E-state index contributed by atoms with van der Waals surface area (Å²) in [6.45, 7) is 9.17. The third-order valence-corrected chi connectivity index (χ3v) is 4.74. The highest BCUT2D eigenvalue weighted by atomic mass is 127. The number of thiazole rings is 1. The molecule has 0 amide bonds. The molecule has 138 valence electrons. The maximum atomic E-state index is 13.7. The second-order valence-corrected chi connectivity index (χ2v) is 6.60. The summed E-state index contributed by atoms with van der Waals surface area (Å²) in [5.41, 5.74) is 2.52. The Kier molecular flexibility index (Phi) is 9.34. The number of hydrogen-bond acceptors (Lipinski definition) is 3. The number of halogens is 2. The molecule has 1 heterocycles. The minimum atomic E-state index is -0.183. The average Bonchev–Trinajstić information content (AvgIpc) is 3.03. The van der Waals surface area contributed by atoms with Gasteiger partial charge in [-0.25, -0.2) is 14.4 Å². The highest BCUT2D eigenvalue weighted by Crippen LogP contribution is 2.16. The van der Waals surface area contributed by atoms with Gasteiger partial charge < -0.3 is 10.6 Å². The molecule has 0 saturated heterocycles. The summed E-state index contributed by atoms with van der Waals surface area (Å²) >= 11 is 1.67. The molecule has 0 fully saturated rings. The lowest BCUT2D eigenvalue weighted by Crippen LogP contribution is -2.38. The molecule has 2 aromatic rings. The first-order valence-electron chi connectivity index (χ1n) is 8.27. The Labute approximate surface area is 170 Å². The molecule has 0 bridgehead atoms. The van der Waals surface area contributed by atoms with Gasteiger partial charge in [-0.05, 0) is 44.4 Å². The Bertz CT molecular complexity index is 702. The van der Waals surface area contributed by atoms with Crippen molar-refractivity contribution in [1.82, 2.24) is 15.6 Å². The second-order valence-electron chi connectivity index (χ2n) is 5.66. The summed E-state index contributed by atoms with van der Waals surface area (Å²) in [7, 11) is 0. The lowest BCUT2D eigenvalue weighted by atomic mass is 10.1. The van der Waals surface area contributed by atoms with Crippen LogP contribution >= 0.6 is 35.3 Å². The zero-order valence-electron chi connectivity index (χ0n) is 15.1. The van der Waals surface area contributed by atoms with E-state index in [1.54, 1.807) is 30.4 Å². The van der Waals surface area contributed by atoms with E-state index in [0.29, 0.717) is 18.1 Å². The summed E-state index contributed by atoms with van der Waals surface area (Å²) in [5, 5.41) is 9.71. The molecule has 2 N–H and O–H groups in total. The number of nitrogens with zero attached hydrogens (tertiary/aromatic N) is 2. The molecular formula is C18H26FIN4S. The van der Waals surface area contributed by atoms with Crippen LogP contribution in [0, 0.1) is 12.7 Å². The van der Waals surface area contributed by atoms with Crippen LogP contribution in [0.5, 0.6) is 0 Å². The number of rotatable bonds is 6. The van der Waals surface area contributed by atoms with Gasteiger partial charge in [-0.3, -0.25) is 0 Å². The molecule has 1 aromatic heterocycles. The SMILES string of the molecule is CCNC(=NCc1csc(CC)n1)NC(C)c1ccc(C)c(F)c1.I. The van der Waals surface area contributed by atoms with Crippen molar-refractivity contribution in [1.29, 1.82) is 0 Å². The van der Waals surface area contributed by atoms with Gasteiger partial charge in [0.05, 0.1) is 23.3 Å². The maximum Gasteiger partial charge on any atom is 0.192 e. The van der Waals surface area contributed by atoms with Crippen LogP contribution in [0.2, 0.25) is 0 Å². The fraction of sp³-hybridized carbons (Fsp3) is 0.444. The van der Waals surface area contributed by atoms with Crippen molar-refractivity contribution in [3.05, 3.63) is 51.2 Å². The monoisotopic (exact) mass is 476 g/mol. The Hall–Kier alpha value is -1.22. The number of benzene rings is 1. The van der Waals surface area contributed by atoms with Gasteiger partial charge in [0.1, 0.15) is 5.82 Å². The third-order valence-electron chi connectivity index (χ3n) is 3.69. The Morgan fingerprint density at radius 1 is 1.36 bits per heavy atom. The average molecular weight is 476 g/mol.